The molecule has 0 radical (unpaired) electrons. The Morgan fingerprint density at radius 1 is 1.20 bits per heavy atom. The molecule has 0 aliphatic heterocycles. The number of rotatable bonds is 2. The van der Waals surface area contributed by atoms with E-state index >= 15 is 0 Å². The third kappa shape index (κ3) is 2.01. The topological polar surface area (TPSA) is 73.9 Å². The van der Waals surface area contributed by atoms with E-state index in [0.717, 1.165) is 11.3 Å². The van der Waals surface area contributed by atoms with Crippen molar-refractivity contribution in [2.75, 3.05) is 12.8 Å². The number of hydrogen-bond acceptors (Lipinski definition) is 5. The van der Waals surface area contributed by atoms with Gasteiger partial charge < -0.3 is 10.5 Å². The summed E-state index contributed by atoms with van der Waals surface area (Å²) in [5.41, 5.74) is 7.11. The molecular formula is C10H10N4O. The first kappa shape index (κ1) is 9.39. The van der Waals surface area contributed by atoms with Crippen molar-refractivity contribution in [3.8, 4) is 17.1 Å². The summed E-state index contributed by atoms with van der Waals surface area (Å²) in [5.74, 6) is 0.823. The molecule has 0 saturated heterocycles. The lowest BCUT2D eigenvalue weighted by molar-refractivity contribution is 0.398. The Labute approximate surface area is 87.0 Å². The van der Waals surface area contributed by atoms with Crippen molar-refractivity contribution in [1.29, 1.82) is 0 Å². The number of nitrogens with zero attached hydrogens (tertiary/aromatic N) is 3. The number of nitrogens with two attached hydrogens (primary N) is 1. The van der Waals surface area contributed by atoms with Crippen LogP contribution in [0, 0.1) is 0 Å². The van der Waals surface area contributed by atoms with E-state index in [0.29, 0.717) is 5.88 Å². The van der Waals surface area contributed by atoms with Gasteiger partial charge >= 0.3 is 0 Å². The van der Waals surface area contributed by atoms with Crippen LogP contribution in [-0.4, -0.2) is 22.1 Å². The van der Waals surface area contributed by atoms with Gasteiger partial charge in [-0.1, -0.05) is 0 Å². The number of pyridine rings is 1. The van der Waals surface area contributed by atoms with E-state index in [4.69, 9.17) is 10.5 Å². The van der Waals surface area contributed by atoms with Gasteiger partial charge in [-0.2, -0.15) is 0 Å². The van der Waals surface area contributed by atoms with Crippen molar-refractivity contribution in [2.24, 2.45) is 0 Å². The maximum Gasteiger partial charge on any atom is 0.220 e. The first-order chi connectivity index (χ1) is 7.29. The summed E-state index contributed by atoms with van der Waals surface area (Å²) in [5, 5.41) is 0. The fraction of sp³-hybridized carbons (Fsp3) is 0.100. The zero-order valence-electron chi connectivity index (χ0n) is 8.21. The number of aromatic nitrogens is 3. The predicted molar refractivity (Wildman–Crippen MR) is 56.2 cm³/mol. The van der Waals surface area contributed by atoms with E-state index in [2.05, 4.69) is 15.0 Å². The van der Waals surface area contributed by atoms with Gasteiger partial charge in [-0.25, -0.2) is 15.0 Å². The molecule has 5 heteroatoms. The van der Waals surface area contributed by atoms with Crippen LogP contribution in [-0.2, 0) is 0 Å². The van der Waals surface area contributed by atoms with E-state index < -0.39 is 0 Å². The summed E-state index contributed by atoms with van der Waals surface area (Å²) in [7, 11) is 1.57. The number of nitrogen functional groups attached to an aromatic ring is 1. The number of anilines is 1. The highest BCUT2D eigenvalue weighted by Gasteiger charge is 2.01. The van der Waals surface area contributed by atoms with Gasteiger partial charge in [-0.15, -0.1) is 0 Å². The molecule has 2 aromatic heterocycles. The molecule has 2 heterocycles. The van der Waals surface area contributed by atoms with E-state index in [1.54, 1.807) is 31.6 Å². The molecule has 0 amide bonds. The smallest absolute Gasteiger partial charge is 0.220 e. The van der Waals surface area contributed by atoms with Crippen molar-refractivity contribution < 1.29 is 4.74 Å². The molecule has 0 aliphatic rings. The Hall–Kier alpha value is -2.17. The average molecular weight is 202 g/mol. The van der Waals surface area contributed by atoms with Crippen LogP contribution >= 0.6 is 0 Å². The molecule has 0 bridgehead atoms. The molecule has 0 spiro atoms. The Balaban J connectivity index is 2.37. The summed E-state index contributed by atoms with van der Waals surface area (Å²) in [6.07, 6.45) is 3.29. The maximum absolute atomic E-state index is 5.48. The summed E-state index contributed by atoms with van der Waals surface area (Å²) in [6.45, 7) is 0. The molecule has 2 rings (SSSR count). The van der Waals surface area contributed by atoms with E-state index in [1.807, 2.05) is 6.07 Å². The van der Waals surface area contributed by atoms with Crippen LogP contribution in [0.15, 0.2) is 30.6 Å². The van der Waals surface area contributed by atoms with Gasteiger partial charge in [-0.05, 0) is 12.1 Å². The van der Waals surface area contributed by atoms with Crippen LogP contribution in [0.1, 0.15) is 0 Å². The fourth-order valence-electron chi connectivity index (χ4n) is 1.19. The minimum absolute atomic E-state index is 0.253. The molecule has 5 nitrogen and oxygen atoms in total. The standard InChI is InChI=1S/C10H10N4O/c1-15-9-3-2-7(6-13-9)8-4-5-12-10(11)14-8/h2-6H,1H3,(H2,11,12,14). The molecule has 0 saturated carbocycles. The van der Waals surface area contributed by atoms with Gasteiger partial charge in [0.05, 0.1) is 12.8 Å². The molecule has 15 heavy (non-hydrogen) atoms. The maximum atomic E-state index is 5.48. The van der Waals surface area contributed by atoms with E-state index in [9.17, 15) is 0 Å². The number of hydrogen-bond donors (Lipinski definition) is 1. The summed E-state index contributed by atoms with van der Waals surface area (Å²) in [4.78, 5) is 12.0. The second-order valence-corrected chi connectivity index (χ2v) is 2.89. The minimum atomic E-state index is 0.253. The van der Waals surface area contributed by atoms with Crippen molar-refractivity contribution in [3.05, 3.63) is 30.6 Å². The van der Waals surface area contributed by atoms with Crippen LogP contribution in [0.5, 0.6) is 5.88 Å². The van der Waals surface area contributed by atoms with Crippen LogP contribution in [0.25, 0.3) is 11.3 Å². The zero-order chi connectivity index (χ0) is 10.7. The lowest BCUT2D eigenvalue weighted by Crippen LogP contribution is -1.95. The zero-order valence-corrected chi connectivity index (χ0v) is 8.21. The highest BCUT2D eigenvalue weighted by atomic mass is 16.5. The first-order valence-corrected chi connectivity index (χ1v) is 4.38. The molecule has 0 atom stereocenters. The first-order valence-electron chi connectivity index (χ1n) is 4.38. The van der Waals surface area contributed by atoms with Crippen molar-refractivity contribution >= 4 is 5.95 Å². The predicted octanol–water partition coefficient (Wildman–Crippen LogP) is 1.13. The van der Waals surface area contributed by atoms with Crippen LogP contribution in [0.2, 0.25) is 0 Å². The lowest BCUT2D eigenvalue weighted by Gasteiger charge is -2.02. The number of methoxy groups -OCH3 is 1. The molecule has 76 valence electrons. The summed E-state index contributed by atoms with van der Waals surface area (Å²) < 4.78 is 4.96. The molecule has 2 N–H and O–H groups in total. The van der Waals surface area contributed by atoms with Gasteiger partial charge in [-0.3, -0.25) is 0 Å². The third-order valence-electron chi connectivity index (χ3n) is 1.92. The molecule has 2 aromatic rings. The minimum Gasteiger partial charge on any atom is -0.481 e. The van der Waals surface area contributed by atoms with Crippen LogP contribution < -0.4 is 10.5 Å². The van der Waals surface area contributed by atoms with Crippen LogP contribution in [0.4, 0.5) is 5.95 Å². The Morgan fingerprint density at radius 3 is 2.67 bits per heavy atom. The van der Waals surface area contributed by atoms with Gasteiger partial charge in [0, 0.05) is 24.0 Å². The lowest BCUT2D eigenvalue weighted by atomic mass is 10.2. The second-order valence-electron chi connectivity index (χ2n) is 2.89. The Morgan fingerprint density at radius 2 is 2.07 bits per heavy atom. The largest absolute Gasteiger partial charge is 0.481 e. The van der Waals surface area contributed by atoms with Crippen molar-refractivity contribution in [3.63, 3.8) is 0 Å². The van der Waals surface area contributed by atoms with Gasteiger partial charge in [0.1, 0.15) is 0 Å². The SMILES string of the molecule is COc1ccc(-c2ccnc(N)n2)cn1. The van der Waals surface area contributed by atoms with Gasteiger partial charge in [0.2, 0.25) is 11.8 Å². The van der Waals surface area contributed by atoms with Crippen molar-refractivity contribution in [1.82, 2.24) is 15.0 Å². The summed E-state index contributed by atoms with van der Waals surface area (Å²) >= 11 is 0. The Bertz CT molecular complexity index is 455. The Kier molecular flexibility index (Phi) is 2.45. The molecule has 0 unspecified atom stereocenters. The number of ether oxygens (including phenoxy) is 1. The fourth-order valence-corrected chi connectivity index (χ4v) is 1.19. The normalized spacial score (nSPS) is 9.93. The second kappa shape index (κ2) is 3.91. The highest BCUT2D eigenvalue weighted by Crippen LogP contribution is 2.17. The average Bonchev–Trinajstić information content (AvgIpc) is 2.29. The van der Waals surface area contributed by atoms with E-state index in [-0.39, 0.29) is 5.95 Å². The molecule has 0 fully saturated rings. The monoisotopic (exact) mass is 202 g/mol. The van der Waals surface area contributed by atoms with Gasteiger partial charge in [0.25, 0.3) is 0 Å². The summed E-state index contributed by atoms with van der Waals surface area (Å²) in [6, 6.07) is 5.42. The molecular weight excluding hydrogens is 192 g/mol. The highest BCUT2D eigenvalue weighted by molar-refractivity contribution is 5.58. The quantitative estimate of drug-likeness (QED) is 0.790. The van der Waals surface area contributed by atoms with E-state index in [1.165, 1.54) is 0 Å². The van der Waals surface area contributed by atoms with Gasteiger partial charge in [0.15, 0.2) is 0 Å². The van der Waals surface area contributed by atoms with Crippen molar-refractivity contribution in [2.45, 2.75) is 0 Å². The molecule has 0 aromatic carbocycles. The van der Waals surface area contributed by atoms with Crippen LogP contribution in [0.3, 0.4) is 0 Å². The third-order valence-corrected chi connectivity index (χ3v) is 1.92. The molecule has 0 aliphatic carbocycles.